The molecule has 0 saturated carbocycles. The summed E-state index contributed by atoms with van der Waals surface area (Å²) in [6, 6.07) is 7.48. The molecule has 1 atom stereocenters. The first-order chi connectivity index (χ1) is 10.2. The molecule has 0 aromatic heterocycles. The Kier molecular flexibility index (Phi) is 3.92. The minimum absolute atomic E-state index is 0.0345. The first-order valence-electron chi connectivity index (χ1n) is 7.41. The first-order valence-corrected chi connectivity index (χ1v) is 7.41. The van der Waals surface area contributed by atoms with E-state index in [1.165, 1.54) is 4.90 Å². The maximum atomic E-state index is 12.6. The van der Waals surface area contributed by atoms with E-state index in [0.717, 1.165) is 37.2 Å². The van der Waals surface area contributed by atoms with Crippen LogP contribution in [0.3, 0.4) is 0 Å². The molecule has 1 unspecified atom stereocenters. The van der Waals surface area contributed by atoms with Gasteiger partial charge >= 0.3 is 0 Å². The van der Waals surface area contributed by atoms with E-state index in [4.69, 9.17) is 4.74 Å². The van der Waals surface area contributed by atoms with Gasteiger partial charge in [0.25, 0.3) is 0 Å². The van der Waals surface area contributed by atoms with Crippen molar-refractivity contribution in [1.29, 1.82) is 0 Å². The molecule has 2 saturated heterocycles. The molecule has 2 aliphatic rings. The molecule has 0 radical (unpaired) electrons. The van der Waals surface area contributed by atoms with Crippen LogP contribution in [0.15, 0.2) is 24.3 Å². The van der Waals surface area contributed by atoms with E-state index in [1.807, 2.05) is 24.3 Å². The van der Waals surface area contributed by atoms with E-state index in [2.05, 4.69) is 5.32 Å². The molecule has 2 fully saturated rings. The second kappa shape index (κ2) is 5.85. The summed E-state index contributed by atoms with van der Waals surface area (Å²) in [5.41, 5.74) is 0.894. The highest BCUT2D eigenvalue weighted by Crippen LogP contribution is 2.33. The quantitative estimate of drug-likeness (QED) is 0.852. The van der Waals surface area contributed by atoms with Gasteiger partial charge in [-0.25, -0.2) is 0 Å². The fraction of sp³-hybridized carbons (Fsp3) is 0.500. The lowest BCUT2D eigenvalue weighted by atomic mass is 9.97. The fourth-order valence-corrected chi connectivity index (χ4v) is 3.20. The smallest absolute Gasteiger partial charge is 0.237 e. The van der Waals surface area contributed by atoms with Gasteiger partial charge in [-0.1, -0.05) is 12.1 Å². The molecule has 2 amide bonds. The second-order valence-electron chi connectivity index (χ2n) is 5.61. The maximum absolute atomic E-state index is 12.6. The number of nitrogens with zero attached hydrogens (tertiary/aromatic N) is 1. The van der Waals surface area contributed by atoms with Gasteiger partial charge in [-0.05, 0) is 43.6 Å². The lowest BCUT2D eigenvalue weighted by molar-refractivity contribution is -0.142. The topological polar surface area (TPSA) is 58.6 Å². The van der Waals surface area contributed by atoms with Crippen LogP contribution in [0.5, 0.6) is 5.75 Å². The predicted molar refractivity (Wildman–Crippen MR) is 78.1 cm³/mol. The Morgan fingerprint density at radius 3 is 2.43 bits per heavy atom. The standard InChI is InChI=1S/C16H20N2O3/c1-21-13-4-2-11(3-5-13)14-10-15(19)18(16(14)20)12-6-8-17-9-7-12/h2-5,12,14,17H,6-10H2,1H3. The number of methoxy groups -OCH3 is 1. The Labute approximate surface area is 124 Å². The van der Waals surface area contributed by atoms with Crippen LogP contribution in [0.25, 0.3) is 0 Å². The Bertz CT molecular complexity index is 535. The van der Waals surface area contributed by atoms with Crippen LogP contribution in [0.2, 0.25) is 0 Å². The fourth-order valence-electron chi connectivity index (χ4n) is 3.20. The number of likely N-dealkylation sites (tertiary alicyclic amines) is 1. The molecule has 2 heterocycles. The van der Waals surface area contributed by atoms with Gasteiger partial charge in [-0.15, -0.1) is 0 Å². The minimum Gasteiger partial charge on any atom is -0.497 e. The summed E-state index contributed by atoms with van der Waals surface area (Å²) >= 11 is 0. The molecule has 1 N–H and O–H groups in total. The molecule has 5 heteroatoms. The number of rotatable bonds is 3. The SMILES string of the molecule is COc1ccc(C2CC(=O)N(C3CCNCC3)C2=O)cc1. The van der Waals surface area contributed by atoms with Crippen LogP contribution in [0.4, 0.5) is 0 Å². The number of hydrogen-bond acceptors (Lipinski definition) is 4. The largest absolute Gasteiger partial charge is 0.497 e. The number of imide groups is 1. The van der Waals surface area contributed by atoms with Gasteiger partial charge in [0.1, 0.15) is 5.75 Å². The van der Waals surface area contributed by atoms with Gasteiger partial charge < -0.3 is 10.1 Å². The average molecular weight is 288 g/mol. The molecule has 112 valence electrons. The van der Waals surface area contributed by atoms with Crippen LogP contribution in [-0.2, 0) is 9.59 Å². The molecule has 3 rings (SSSR count). The molecular weight excluding hydrogens is 268 g/mol. The summed E-state index contributed by atoms with van der Waals surface area (Å²) < 4.78 is 5.13. The predicted octanol–water partition coefficient (Wildman–Crippen LogP) is 1.29. The zero-order valence-corrected chi connectivity index (χ0v) is 12.2. The van der Waals surface area contributed by atoms with Crippen molar-refractivity contribution < 1.29 is 14.3 Å². The average Bonchev–Trinajstić information content (AvgIpc) is 2.83. The number of carbonyl (C=O) groups is 2. The second-order valence-corrected chi connectivity index (χ2v) is 5.61. The number of hydrogen-bond donors (Lipinski definition) is 1. The highest BCUT2D eigenvalue weighted by Gasteiger charge is 2.43. The number of amides is 2. The molecule has 0 aliphatic carbocycles. The summed E-state index contributed by atoms with van der Waals surface area (Å²) in [6.07, 6.45) is 1.99. The molecule has 0 bridgehead atoms. The van der Waals surface area contributed by atoms with Crippen LogP contribution in [-0.4, -0.2) is 43.0 Å². The van der Waals surface area contributed by atoms with E-state index < -0.39 is 0 Å². The summed E-state index contributed by atoms with van der Waals surface area (Å²) in [6.45, 7) is 1.74. The van der Waals surface area contributed by atoms with Crippen LogP contribution in [0.1, 0.15) is 30.7 Å². The molecule has 1 aromatic rings. The van der Waals surface area contributed by atoms with Gasteiger partial charge in [0.2, 0.25) is 11.8 Å². The lowest BCUT2D eigenvalue weighted by Crippen LogP contribution is -2.46. The van der Waals surface area contributed by atoms with E-state index in [9.17, 15) is 9.59 Å². The summed E-state index contributed by atoms with van der Waals surface area (Å²) in [4.78, 5) is 26.4. The number of nitrogens with one attached hydrogen (secondary N) is 1. The molecule has 5 nitrogen and oxygen atoms in total. The first kappa shape index (κ1) is 14.1. The van der Waals surface area contributed by atoms with E-state index in [0.29, 0.717) is 0 Å². The molecular formula is C16H20N2O3. The third-order valence-electron chi connectivity index (χ3n) is 4.37. The van der Waals surface area contributed by atoms with Gasteiger partial charge in [-0.2, -0.15) is 0 Å². The number of ether oxygens (including phenoxy) is 1. The van der Waals surface area contributed by atoms with E-state index >= 15 is 0 Å². The Hall–Kier alpha value is -1.88. The summed E-state index contributed by atoms with van der Waals surface area (Å²) in [5, 5.41) is 3.26. The Morgan fingerprint density at radius 2 is 1.81 bits per heavy atom. The third-order valence-corrected chi connectivity index (χ3v) is 4.37. The van der Waals surface area contributed by atoms with Crippen molar-refractivity contribution in [3.63, 3.8) is 0 Å². The zero-order chi connectivity index (χ0) is 14.8. The molecule has 1 aromatic carbocycles. The van der Waals surface area contributed by atoms with E-state index in [1.54, 1.807) is 7.11 Å². The Balaban J connectivity index is 1.78. The molecule has 21 heavy (non-hydrogen) atoms. The van der Waals surface area contributed by atoms with Crippen molar-refractivity contribution in [2.45, 2.75) is 31.2 Å². The normalized spacial score (nSPS) is 23.7. The number of piperidine rings is 1. The lowest BCUT2D eigenvalue weighted by Gasteiger charge is -2.30. The van der Waals surface area contributed by atoms with Crippen molar-refractivity contribution in [3.05, 3.63) is 29.8 Å². The van der Waals surface area contributed by atoms with Crippen LogP contribution in [0, 0.1) is 0 Å². The summed E-state index contributed by atoms with van der Waals surface area (Å²) in [5.74, 6) is 0.341. The van der Waals surface area contributed by atoms with Gasteiger partial charge in [0, 0.05) is 12.5 Å². The minimum atomic E-state index is -0.335. The van der Waals surface area contributed by atoms with Crippen LogP contribution >= 0.6 is 0 Å². The van der Waals surface area contributed by atoms with Gasteiger partial charge in [-0.3, -0.25) is 14.5 Å². The van der Waals surface area contributed by atoms with Gasteiger partial charge in [0.15, 0.2) is 0 Å². The van der Waals surface area contributed by atoms with Crippen LogP contribution < -0.4 is 10.1 Å². The van der Waals surface area contributed by atoms with Gasteiger partial charge in [0.05, 0.1) is 13.0 Å². The molecule has 2 aliphatic heterocycles. The van der Waals surface area contributed by atoms with Crippen molar-refractivity contribution >= 4 is 11.8 Å². The zero-order valence-electron chi connectivity index (χ0n) is 12.2. The van der Waals surface area contributed by atoms with Crippen molar-refractivity contribution in [2.24, 2.45) is 0 Å². The third kappa shape index (κ3) is 2.65. The van der Waals surface area contributed by atoms with Crippen molar-refractivity contribution in [2.75, 3.05) is 20.2 Å². The van der Waals surface area contributed by atoms with E-state index in [-0.39, 0.29) is 30.2 Å². The number of benzene rings is 1. The monoisotopic (exact) mass is 288 g/mol. The van der Waals surface area contributed by atoms with Crippen molar-refractivity contribution in [1.82, 2.24) is 10.2 Å². The maximum Gasteiger partial charge on any atom is 0.237 e. The summed E-state index contributed by atoms with van der Waals surface area (Å²) in [7, 11) is 1.61. The number of carbonyl (C=O) groups excluding carboxylic acids is 2. The highest BCUT2D eigenvalue weighted by atomic mass is 16.5. The Morgan fingerprint density at radius 1 is 1.14 bits per heavy atom. The highest BCUT2D eigenvalue weighted by molar-refractivity contribution is 6.06. The van der Waals surface area contributed by atoms with Crippen molar-refractivity contribution in [3.8, 4) is 5.75 Å². The molecule has 0 spiro atoms.